The molecule has 6 nitrogen and oxygen atoms in total. The monoisotopic (exact) mass is 414 g/mol. The van der Waals surface area contributed by atoms with E-state index in [2.05, 4.69) is 12.2 Å². The lowest BCUT2D eigenvalue weighted by molar-refractivity contribution is -0.128. The Kier molecular flexibility index (Phi) is 6.32. The number of amides is 2. The molecule has 0 radical (unpaired) electrons. The molecule has 0 bridgehead atoms. The first-order valence-electron chi connectivity index (χ1n) is 11.4. The lowest BCUT2D eigenvalue weighted by Gasteiger charge is -2.43. The SMILES string of the molecule is COc1cccc(C(=O)N2[C@@H](C(=O)NC3CCCCC3)COC23CCC(C)CC3)c1. The molecule has 0 aromatic heterocycles. The van der Waals surface area contributed by atoms with Crippen molar-refractivity contribution in [2.24, 2.45) is 5.92 Å². The molecule has 2 saturated carbocycles. The maximum absolute atomic E-state index is 13.7. The zero-order valence-corrected chi connectivity index (χ0v) is 18.2. The predicted molar refractivity (Wildman–Crippen MR) is 114 cm³/mol. The van der Waals surface area contributed by atoms with Crippen LogP contribution in [0.25, 0.3) is 0 Å². The third kappa shape index (κ3) is 4.20. The number of methoxy groups -OCH3 is 1. The van der Waals surface area contributed by atoms with Crippen molar-refractivity contribution >= 4 is 11.8 Å². The van der Waals surface area contributed by atoms with Crippen LogP contribution < -0.4 is 10.1 Å². The highest BCUT2D eigenvalue weighted by Crippen LogP contribution is 2.43. The van der Waals surface area contributed by atoms with E-state index >= 15 is 0 Å². The van der Waals surface area contributed by atoms with E-state index in [4.69, 9.17) is 9.47 Å². The number of hydrogen-bond donors (Lipinski definition) is 1. The lowest BCUT2D eigenvalue weighted by atomic mass is 9.83. The third-order valence-electron chi connectivity index (χ3n) is 7.11. The van der Waals surface area contributed by atoms with Gasteiger partial charge in [-0.05, 0) is 62.6 Å². The molecule has 2 amide bonds. The van der Waals surface area contributed by atoms with Gasteiger partial charge >= 0.3 is 0 Å². The first-order valence-corrected chi connectivity index (χ1v) is 11.4. The van der Waals surface area contributed by atoms with Gasteiger partial charge in [-0.25, -0.2) is 0 Å². The second kappa shape index (κ2) is 8.96. The molecule has 1 heterocycles. The Hall–Kier alpha value is -2.08. The van der Waals surface area contributed by atoms with Crippen LogP contribution in [-0.4, -0.2) is 48.2 Å². The molecule has 1 aliphatic heterocycles. The van der Waals surface area contributed by atoms with Crippen LogP contribution in [0.15, 0.2) is 24.3 Å². The molecule has 1 aromatic rings. The summed E-state index contributed by atoms with van der Waals surface area (Å²) in [6.45, 7) is 2.51. The molecule has 164 valence electrons. The number of nitrogens with one attached hydrogen (secondary N) is 1. The van der Waals surface area contributed by atoms with Crippen molar-refractivity contribution in [2.75, 3.05) is 13.7 Å². The predicted octanol–water partition coefficient (Wildman–Crippen LogP) is 3.89. The van der Waals surface area contributed by atoms with Crippen molar-refractivity contribution in [3.63, 3.8) is 0 Å². The van der Waals surface area contributed by atoms with Crippen molar-refractivity contribution in [2.45, 2.75) is 82.5 Å². The summed E-state index contributed by atoms with van der Waals surface area (Å²) < 4.78 is 11.6. The van der Waals surface area contributed by atoms with Gasteiger partial charge in [-0.15, -0.1) is 0 Å². The Morgan fingerprint density at radius 2 is 1.87 bits per heavy atom. The number of carbonyl (C=O) groups excluding carboxylic acids is 2. The van der Waals surface area contributed by atoms with Crippen LogP contribution in [0, 0.1) is 5.92 Å². The maximum Gasteiger partial charge on any atom is 0.257 e. The van der Waals surface area contributed by atoms with E-state index in [1.807, 2.05) is 12.1 Å². The maximum atomic E-state index is 13.7. The molecule has 1 atom stereocenters. The van der Waals surface area contributed by atoms with Crippen molar-refractivity contribution in [3.8, 4) is 5.75 Å². The van der Waals surface area contributed by atoms with Crippen LogP contribution in [0.3, 0.4) is 0 Å². The van der Waals surface area contributed by atoms with Gasteiger partial charge in [0.15, 0.2) is 0 Å². The molecular weight excluding hydrogens is 380 g/mol. The minimum absolute atomic E-state index is 0.0753. The summed E-state index contributed by atoms with van der Waals surface area (Å²) in [7, 11) is 1.59. The van der Waals surface area contributed by atoms with Crippen molar-refractivity contribution < 1.29 is 19.1 Å². The number of rotatable bonds is 4. The second-order valence-electron chi connectivity index (χ2n) is 9.21. The largest absolute Gasteiger partial charge is 0.497 e. The standard InChI is InChI=1S/C24H34N2O4/c1-17-11-13-24(14-12-17)26(23(28)18-7-6-10-20(15-18)29-2)21(16-30-24)22(27)25-19-8-4-3-5-9-19/h6-7,10,15,17,19,21H,3-5,8-9,11-14,16H2,1-2H3,(H,25,27)/t17?,21-,24?/m1/s1. The van der Waals surface area contributed by atoms with E-state index in [0.29, 0.717) is 17.2 Å². The van der Waals surface area contributed by atoms with Crippen LogP contribution in [0.4, 0.5) is 0 Å². The quantitative estimate of drug-likeness (QED) is 0.812. The molecular formula is C24H34N2O4. The topological polar surface area (TPSA) is 67.9 Å². The zero-order valence-electron chi connectivity index (χ0n) is 18.2. The number of nitrogens with zero attached hydrogens (tertiary/aromatic N) is 1. The number of benzene rings is 1. The van der Waals surface area contributed by atoms with Gasteiger partial charge in [-0.1, -0.05) is 32.3 Å². The summed E-state index contributed by atoms with van der Waals surface area (Å²) >= 11 is 0. The average Bonchev–Trinajstić information content (AvgIpc) is 3.15. The fourth-order valence-corrected chi connectivity index (χ4v) is 5.22. The van der Waals surface area contributed by atoms with Gasteiger partial charge in [0, 0.05) is 11.6 Å². The minimum Gasteiger partial charge on any atom is -0.497 e. The van der Waals surface area contributed by atoms with E-state index in [1.54, 1.807) is 24.1 Å². The van der Waals surface area contributed by atoms with Crippen molar-refractivity contribution in [1.29, 1.82) is 0 Å². The molecule has 6 heteroatoms. The van der Waals surface area contributed by atoms with E-state index in [1.165, 1.54) is 6.42 Å². The Morgan fingerprint density at radius 1 is 1.13 bits per heavy atom. The van der Waals surface area contributed by atoms with Crippen LogP contribution in [0.5, 0.6) is 5.75 Å². The molecule has 1 N–H and O–H groups in total. The normalized spacial score (nSPS) is 29.7. The summed E-state index contributed by atoms with van der Waals surface area (Å²) in [5.41, 5.74) is -0.144. The lowest BCUT2D eigenvalue weighted by Crippen LogP contribution is -2.57. The van der Waals surface area contributed by atoms with Gasteiger partial charge in [0.25, 0.3) is 5.91 Å². The molecule has 30 heavy (non-hydrogen) atoms. The highest BCUT2D eigenvalue weighted by atomic mass is 16.5. The molecule has 1 aromatic carbocycles. The van der Waals surface area contributed by atoms with E-state index in [-0.39, 0.29) is 24.5 Å². The van der Waals surface area contributed by atoms with E-state index in [9.17, 15) is 9.59 Å². The Bertz CT molecular complexity index is 766. The van der Waals surface area contributed by atoms with Crippen molar-refractivity contribution in [1.82, 2.24) is 10.2 Å². The fraction of sp³-hybridized carbons (Fsp3) is 0.667. The molecule has 2 aliphatic carbocycles. The van der Waals surface area contributed by atoms with Crippen molar-refractivity contribution in [3.05, 3.63) is 29.8 Å². The van der Waals surface area contributed by atoms with Crippen LogP contribution in [0.1, 0.15) is 75.1 Å². The Balaban J connectivity index is 1.60. The number of hydrogen-bond acceptors (Lipinski definition) is 4. The second-order valence-corrected chi connectivity index (χ2v) is 9.21. The minimum atomic E-state index is -0.679. The van der Waals surface area contributed by atoms with Gasteiger partial charge < -0.3 is 14.8 Å². The molecule has 1 spiro atoms. The summed E-state index contributed by atoms with van der Waals surface area (Å²) in [5, 5.41) is 3.21. The number of ether oxygens (including phenoxy) is 2. The molecule has 0 unspecified atom stereocenters. The first-order chi connectivity index (χ1) is 14.5. The molecule has 3 aliphatic rings. The average molecular weight is 415 g/mol. The highest BCUT2D eigenvalue weighted by molar-refractivity contribution is 5.98. The van der Waals surface area contributed by atoms with Gasteiger partial charge in [-0.2, -0.15) is 0 Å². The van der Waals surface area contributed by atoms with E-state index < -0.39 is 11.8 Å². The summed E-state index contributed by atoms with van der Waals surface area (Å²) in [6.07, 6.45) is 9.13. The zero-order chi connectivity index (χ0) is 21.1. The summed E-state index contributed by atoms with van der Waals surface area (Å²) in [6, 6.07) is 6.80. The van der Waals surface area contributed by atoms with Crippen LogP contribution in [0.2, 0.25) is 0 Å². The highest BCUT2D eigenvalue weighted by Gasteiger charge is 2.53. The third-order valence-corrected chi connectivity index (χ3v) is 7.11. The fourth-order valence-electron chi connectivity index (χ4n) is 5.22. The molecule has 4 rings (SSSR count). The molecule has 1 saturated heterocycles. The van der Waals surface area contributed by atoms with Crippen LogP contribution >= 0.6 is 0 Å². The number of carbonyl (C=O) groups is 2. The van der Waals surface area contributed by atoms with Gasteiger partial charge in [0.1, 0.15) is 17.5 Å². The first kappa shape index (κ1) is 21.2. The van der Waals surface area contributed by atoms with Gasteiger partial charge in [0.2, 0.25) is 5.91 Å². The van der Waals surface area contributed by atoms with Gasteiger partial charge in [-0.3, -0.25) is 14.5 Å². The molecule has 3 fully saturated rings. The van der Waals surface area contributed by atoms with E-state index in [0.717, 1.165) is 51.4 Å². The van der Waals surface area contributed by atoms with Gasteiger partial charge in [0.05, 0.1) is 13.7 Å². The smallest absolute Gasteiger partial charge is 0.257 e. The summed E-state index contributed by atoms with van der Waals surface area (Å²) in [4.78, 5) is 28.7. The summed E-state index contributed by atoms with van der Waals surface area (Å²) in [5.74, 6) is 1.02. The van der Waals surface area contributed by atoms with Crippen LogP contribution in [-0.2, 0) is 9.53 Å². The Labute approximate surface area is 179 Å². The Morgan fingerprint density at radius 3 is 2.57 bits per heavy atom.